The van der Waals surface area contributed by atoms with Crippen molar-refractivity contribution in [2.75, 3.05) is 0 Å². The van der Waals surface area contributed by atoms with E-state index in [0.717, 1.165) is 37.0 Å². The number of nitrogens with zero attached hydrogens (tertiary/aromatic N) is 1. The zero-order chi connectivity index (χ0) is 22.6. The minimum Gasteiger partial charge on any atom is -0.411 e. The Kier molecular flexibility index (Phi) is 6.31. The molecule has 0 aliphatic heterocycles. The van der Waals surface area contributed by atoms with Crippen LogP contribution in [0.4, 0.5) is 0 Å². The lowest BCUT2D eigenvalue weighted by Crippen LogP contribution is -2.54. The van der Waals surface area contributed by atoms with E-state index >= 15 is 0 Å². The van der Waals surface area contributed by atoms with Crippen molar-refractivity contribution in [2.24, 2.45) is 57.4 Å². The van der Waals surface area contributed by atoms with Crippen LogP contribution in [-0.4, -0.2) is 33.3 Å². The number of fused-ring (bicyclic) bond motifs is 5. The van der Waals surface area contributed by atoms with Crippen LogP contribution in [0.1, 0.15) is 98.8 Å². The summed E-state index contributed by atoms with van der Waals surface area (Å²) in [6.07, 6.45) is 12.2. The second-order valence-corrected chi connectivity index (χ2v) is 12.8. The Hall–Kier alpha value is -0.610. The standard InChI is InChI=1S/C27H47NO3/c1-17(2)7-6-8-18(3)20-9-10-21-24-22(12-13-25(20,21)4)26(5)14-11-19(29)15-27(26,30)23(24)16-28-31/h16-24,29-31H,6-15H2,1-5H3/b28-16+/t18-,19+,20-,21?,22?,23?,24?,25-,26-,27?/m1/s1. The highest BCUT2D eigenvalue weighted by molar-refractivity contribution is 5.64. The normalized spacial score (nSPS) is 50.5. The SMILES string of the molecule is CC(C)CCC[C@@H](C)[C@H]1CCC2C3C(/C=N/O)C4(O)C[C@@H](O)CC[C@]4(C)C3CC[C@@]21C. The van der Waals surface area contributed by atoms with Crippen LogP contribution < -0.4 is 0 Å². The number of aliphatic hydroxyl groups is 2. The number of aliphatic hydroxyl groups excluding tert-OH is 1. The quantitative estimate of drug-likeness (QED) is 0.278. The second kappa shape index (κ2) is 8.31. The summed E-state index contributed by atoms with van der Waals surface area (Å²) < 4.78 is 0. The fraction of sp³-hybridized carbons (Fsp3) is 0.963. The van der Waals surface area contributed by atoms with Gasteiger partial charge in [-0.1, -0.05) is 53.9 Å². The summed E-state index contributed by atoms with van der Waals surface area (Å²) in [4.78, 5) is 0. The van der Waals surface area contributed by atoms with Gasteiger partial charge in [-0.25, -0.2) is 0 Å². The molecule has 4 aliphatic rings. The van der Waals surface area contributed by atoms with Gasteiger partial charge in [0.15, 0.2) is 0 Å². The van der Waals surface area contributed by atoms with Gasteiger partial charge in [-0.15, -0.1) is 5.16 Å². The highest BCUT2D eigenvalue weighted by Crippen LogP contribution is 2.72. The Labute approximate surface area is 189 Å². The molecule has 10 atom stereocenters. The molecular weight excluding hydrogens is 386 g/mol. The molecule has 4 aliphatic carbocycles. The minimum atomic E-state index is -0.960. The fourth-order valence-corrected chi connectivity index (χ4v) is 9.48. The van der Waals surface area contributed by atoms with Crippen molar-refractivity contribution in [3.63, 3.8) is 0 Å². The molecule has 5 unspecified atom stereocenters. The molecule has 0 spiro atoms. The molecule has 4 rings (SSSR count). The average molecular weight is 434 g/mol. The maximum atomic E-state index is 12.0. The van der Waals surface area contributed by atoms with Gasteiger partial charge in [0.1, 0.15) is 0 Å². The van der Waals surface area contributed by atoms with Crippen molar-refractivity contribution in [1.29, 1.82) is 0 Å². The summed E-state index contributed by atoms with van der Waals surface area (Å²) >= 11 is 0. The van der Waals surface area contributed by atoms with Gasteiger partial charge in [-0.2, -0.15) is 0 Å². The topological polar surface area (TPSA) is 73.1 Å². The first-order valence-electron chi connectivity index (χ1n) is 13.2. The highest BCUT2D eigenvalue weighted by Gasteiger charge is 2.71. The molecule has 0 aromatic rings. The van der Waals surface area contributed by atoms with Crippen molar-refractivity contribution in [2.45, 2.75) is 111 Å². The highest BCUT2D eigenvalue weighted by atomic mass is 16.4. The zero-order valence-electron chi connectivity index (χ0n) is 20.6. The van der Waals surface area contributed by atoms with E-state index in [1.54, 1.807) is 6.21 Å². The predicted octanol–water partition coefficient (Wildman–Crippen LogP) is 5.88. The summed E-state index contributed by atoms with van der Waals surface area (Å²) in [6, 6.07) is 0. The molecule has 0 heterocycles. The molecular formula is C27H47NO3. The predicted molar refractivity (Wildman–Crippen MR) is 125 cm³/mol. The summed E-state index contributed by atoms with van der Waals surface area (Å²) in [7, 11) is 0. The molecule has 31 heavy (non-hydrogen) atoms. The molecule has 0 amide bonds. The number of hydrogen-bond donors (Lipinski definition) is 3. The van der Waals surface area contributed by atoms with Gasteiger partial charge in [0.2, 0.25) is 0 Å². The summed E-state index contributed by atoms with van der Waals surface area (Å²) in [5.74, 6) is 3.54. The molecule has 4 nitrogen and oxygen atoms in total. The lowest BCUT2D eigenvalue weighted by Gasteiger charge is -2.52. The third-order valence-corrected chi connectivity index (χ3v) is 11.1. The third kappa shape index (κ3) is 3.50. The van der Waals surface area contributed by atoms with Crippen LogP contribution in [0.15, 0.2) is 5.16 Å². The maximum Gasteiger partial charge on any atom is 0.0809 e. The van der Waals surface area contributed by atoms with Crippen LogP contribution in [0.5, 0.6) is 0 Å². The van der Waals surface area contributed by atoms with E-state index in [2.05, 4.69) is 39.8 Å². The maximum absolute atomic E-state index is 12.0. The van der Waals surface area contributed by atoms with Crippen molar-refractivity contribution in [1.82, 2.24) is 0 Å². The van der Waals surface area contributed by atoms with E-state index in [1.807, 2.05) is 0 Å². The van der Waals surface area contributed by atoms with Crippen molar-refractivity contribution < 1.29 is 15.4 Å². The number of rotatable bonds is 6. The first-order chi connectivity index (χ1) is 14.6. The van der Waals surface area contributed by atoms with Gasteiger partial charge in [0.25, 0.3) is 0 Å². The first kappa shape index (κ1) is 23.5. The van der Waals surface area contributed by atoms with Crippen molar-refractivity contribution in [3.05, 3.63) is 0 Å². The van der Waals surface area contributed by atoms with Gasteiger partial charge in [-0.3, -0.25) is 0 Å². The van der Waals surface area contributed by atoms with Crippen LogP contribution in [0.25, 0.3) is 0 Å². The van der Waals surface area contributed by atoms with E-state index in [4.69, 9.17) is 0 Å². The summed E-state index contributed by atoms with van der Waals surface area (Å²) in [5.41, 5.74) is -0.831. The van der Waals surface area contributed by atoms with Crippen LogP contribution in [0.2, 0.25) is 0 Å². The fourth-order valence-electron chi connectivity index (χ4n) is 9.48. The summed E-state index contributed by atoms with van der Waals surface area (Å²) in [5, 5.41) is 35.5. The molecule has 0 bridgehead atoms. The third-order valence-electron chi connectivity index (χ3n) is 11.1. The van der Waals surface area contributed by atoms with E-state index in [-0.39, 0.29) is 11.3 Å². The van der Waals surface area contributed by atoms with Crippen LogP contribution in [0.3, 0.4) is 0 Å². The van der Waals surface area contributed by atoms with Crippen LogP contribution in [0, 0.1) is 52.3 Å². The van der Waals surface area contributed by atoms with Crippen LogP contribution in [-0.2, 0) is 0 Å². The number of hydrogen-bond acceptors (Lipinski definition) is 4. The minimum absolute atomic E-state index is 0.151. The monoisotopic (exact) mass is 433 g/mol. The van der Waals surface area contributed by atoms with E-state index < -0.39 is 11.7 Å². The van der Waals surface area contributed by atoms with Gasteiger partial charge in [0.05, 0.1) is 11.7 Å². The molecule has 0 aromatic heterocycles. The molecule has 178 valence electrons. The van der Waals surface area contributed by atoms with Gasteiger partial charge >= 0.3 is 0 Å². The van der Waals surface area contributed by atoms with Gasteiger partial charge < -0.3 is 15.4 Å². The van der Waals surface area contributed by atoms with E-state index in [9.17, 15) is 15.4 Å². The Balaban J connectivity index is 1.61. The molecule has 0 saturated heterocycles. The molecule has 4 saturated carbocycles. The Morgan fingerprint density at radius 1 is 1.00 bits per heavy atom. The molecule has 0 radical (unpaired) electrons. The molecule has 4 heteroatoms. The van der Waals surface area contributed by atoms with Crippen molar-refractivity contribution >= 4 is 6.21 Å². The number of oxime groups is 1. The first-order valence-corrected chi connectivity index (χ1v) is 13.2. The van der Waals surface area contributed by atoms with E-state index in [1.165, 1.54) is 38.5 Å². The Bertz CT molecular complexity index is 679. The van der Waals surface area contributed by atoms with Gasteiger partial charge in [-0.05, 0) is 79.4 Å². The Morgan fingerprint density at radius 3 is 2.42 bits per heavy atom. The average Bonchev–Trinajstić information content (AvgIpc) is 3.13. The molecule has 4 fully saturated rings. The molecule has 3 N–H and O–H groups in total. The van der Waals surface area contributed by atoms with Gasteiger partial charge in [0, 0.05) is 24.0 Å². The lowest BCUT2D eigenvalue weighted by atomic mass is 9.53. The lowest BCUT2D eigenvalue weighted by molar-refractivity contribution is -0.142. The Morgan fingerprint density at radius 2 is 1.74 bits per heavy atom. The smallest absolute Gasteiger partial charge is 0.0809 e. The largest absolute Gasteiger partial charge is 0.411 e. The summed E-state index contributed by atoms with van der Waals surface area (Å²) in [6.45, 7) is 11.9. The molecule has 0 aromatic carbocycles. The van der Waals surface area contributed by atoms with Crippen LogP contribution >= 0.6 is 0 Å². The van der Waals surface area contributed by atoms with E-state index in [0.29, 0.717) is 29.6 Å². The van der Waals surface area contributed by atoms with Crippen molar-refractivity contribution in [3.8, 4) is 0 Å². The zero-order valence-corrected chi connectivity index (χ0v) is 20.6. The second-order valence-electron chi connectivity index (χ2n) is 12.8.